The van der Waals surface area contributed by atoms with Crippen LogP contribution >= 0.6 is 0 Å². The Bertz CT molecular complexity index is 1120. The van der Waals surface area contributed by atoms with Gasteiger partial charge in [-0.3, -0.25) is 19.4 Å². The van der Waals surface area contributed by atoms with Gasteiger partial charge < -0.3 is 18.6 Å². The van der Waals surface area contributed by atoms with Crippen LogP contribution in [0.5, 0.6) is 0 Å². The summed E-state index contributed by atoms with van der Waals surface area (Å²) in [6.45, 7) is 16.1. The van der Waals surface area contributed by atoms with Crippen molar-refractivity contribution in [3.8, 4) is 0 Å². The van der Waals surface area contributed by atoms with Gasteiger partial charge in [0.1, 0.15) is 12.1 Å². The van der Waals surface area contributed by atoms with E-state index < -0.39 is 50.6 Å². The number of rotatable bonds is 12. The fraction of sp³-hybridized carbons (Fsp3) is 0.484. The third kappa shape index (κ3) is 9.71. The van der Waals surface area contributed by atoms with Crippen LogP contribution in [0.4, 0.5) is 0 Å². The second-order valence-electron chi connectivity index (χ2n) is 11.3. The van der Waals surface area contributed by atoms with Gasteiger partial charge >= 0.3 is 17.9 Å². The highest BCUT2D eigenvalue weighted by Gasteiger charge is 2.43. The van der Waals surface area contributed by atoms with Crippen molar-refractivity contribution in [3.05, 3.63) is 71.8 Å². The topological polar surface area (TPSA) is 100 Å². The number of esters is 3. The fourth-order valence-corrected chi connectivity index (χ4v) is 4.92. The van der Waals surface area contributed by atoms with Crippen LogP contribution in [0.15, 0.2) is 65.7 Å². The Kier molecular flexibility index (Phi) is 11.8. The van der Waals surface area contributed by atoms with Crippen molar-refractivity contribution in [2.75, 3.05) is 6.61 Å². The molecule has 0 spiro atoms. The summed E-state index contributed by atoms with van der Waals surface area (Å²) in [6, 6.07) is 18.5. The number of carbonyl (C=O) groups excluding carboxylic acids is 3. The molecule has 0 saturated carbocycles. The average Bonchev–Trinajstić information content (AvgIpc) is 2.86. The summed E-state index contributed by atoms with van der Waals surface area (Å²) >= 11 is 0. The lowest BCUT2D eigenvalue weighted by molar-refractivity contribution is -0.183. The lowest BCUT2D eigenvalue weighted by Crippen LogP contribution is -2.52. The van der Waals surface area contributed by atoms with E-state index in [-0.39, 0.29) is 11.6 Å². The minimum Gasteiger partial charge on any atom is -0.459 e. The van der Waals surface area contributed by atoms with E-state index in [0.29, 0.717) is 5.71 Å². The minimum absolute atomic E-state index is 0.0855. The van der Waals surface area contributed by atoms with Crippen molar-refractivity contribution < 1.29 is 33.0 Å². The van der Waals surface area contributed by atoms with Crippen LogP contribution in [0, 0.1) is 0 Å². The third-order valence-electron chi connectivity index (χ3n) is 6.93. The molecule has 40 heavy (non-hydrogen) atoms. The molecule has 2 aromatic rings. The summed E-state index contributed by atoms with van der Waals surface area (Å²) in [5, 5.41) is -0.0970. The molecule has 0 aliphatic rings. The predicted molar refractivity (Wildman–Crippen MR) is 158 cm³/mol. The van der Waals surface area contributed by atoms with Gasteiger partial charge in [0, 0.05) is 31.9 Å². The van der Waals surface area contributed by atoms with Gasteiger partial charge in [-0.2, -0.15) is 0 Å². The van der Waals surface area contributed by atoms with E-state index in [1.807, 2.05) is 60.7 Å². The second kappa shape index (κ2) is 14.4. The normalized spacial score (nSPS) is 14.7. The lowest BCUT2D eigenvalue weighted by atomic mass is 9.98. The van der Waals surface area contributed by atoms with Crippen LogP contribution in [0.25, 0.3) is 0 Å². The molecule has 0 bridgehead atoms. The maximum Gasteiger partial charge on any atom is 0.303 e. The number of aliphatic imine (C=N–C) groups is 1. The van der Waals surface area contributed by atoms with Gasteiger partial charge in [-0.15, -0.1) is 0 Å². The molecule has 0 radical (unpaired) electrons. The Labute approximate surface area is 239 Å². The Morgan fingerprint density at radius 2 is 1.18 bits per heavy atom. The fourth-order valence-electron chi connectivity index (χ4n) is 3.90. The molecule has 0 aliphatic carbocycles. The monoisotopic (exact) mass is 569 g/mol. The first kappa shape index (κ1) is 32.9. The molecule has 0 unspecified atom stereocenters. The van der Waals surface area contributed by atoms with Gasteiger partial charge in [-0.05, 0) is 25.1 Å². The molecule has 0 aromatic heterocycles. The predicted octanol–water partition coefficient (Wildman–Crippen LogP) is 5.73. The second-order valence-corrected chi connectivity index (χ2v) is 16.1. The van der Waals surface area contributed by atoms with E-state index in [1.54, 1.807) is 6.92 Å². The first-order chi connectivity index (χ1) is 18.6. The smallest absolute Gasteiger partial charge is 0.303 e. The summed E-state index contributed by atoms with van der Waals surface area (Å²) in [4.78, 5) is 41.6. The first-order valence-corrected chi connectivity index (χ1v) is 16.4. The molecule has 4 atom stereocenters. The molecule has 0 N–H and O–H groups in total. The first-order valence-electron chi connectivity index (χ1n) is 13.5. The zero-order valence-corrected chi connectivity index (χ0v) is 26.1. The Morgan fingerprint density at radius 3 is 1.57 bits per heavy atom. The van der Waals surface area contributed by atoms with Crippen LogP contribution in [0.2, 0.25) is 18.1 Å². The number of hydrogen-bond acceptors (Lipinski definition) is 8. The van der Waals surface area contributed by atoms with Gasteiger partial charge in [0.2, 0.25) is 0 Å². The molecule has 0 fully saturated rings. The summed E-state index contributed by atoms with van der Waals surface area (Å²) in [5.41, 5.74) is 2.36. The number of hydrogen-bond donors (Lipinski definition) is 0. The minimum atomic E-state index is -2.29. The van der Waals surface area contributed by atoms with E-state index in [0.717, 1.165) is 11.1 Å². The van der Waals surface area contributed by atoms with E-state index >= 15 is 0 Å². The zero-order chi connectivity index (χ0) is 30.1. The van der Waals surface area contributed by atoms with Crippen molar-refractivity contribution in [3.63, 3.8) is 0 Å². The van der Waals surface area contributed by atoms with Crippen LogP contribution in [0.1, 0.15) is 59.6 Å². The average molecular weight is 570 g/mol. The highest BCUT2D eigenvalue weighted by molar-refractivity contribution is 6.74. The van der Waals surface area contributed by atoms with Crippen LogP contribution in [-0.4, -0.2) is 62.9 Å². The highest BCUT2D eigenvalue weighted by atomic mass is 28.4. The molecule has 2 aromatic carbocycles. The molecule has 0 saturated heterocycles. The van der Waals surface area contributed by atoms with E-state index in [1.165, 1.54) is 20.8 Å². The molecule has 8 nitrogen and oxygen atoms in total. The number of ether oxygens (including phenoxy) is 3. The van der Waals surface area contributed by atoms with Crippen molar-refractivity contribution in [2.45, 2.75) is 91.0 Å². The van der Waals surface area contributed by atoms with Gasteiger partial charge in [-0.25, -0.2) is 0 Å². The van der Waals surface area contributed by atoms with E-state index in [2.05, 4.69) is 33.9 Å². The Balaban J connectivity index is 2.77. The quantitative estimate of drug-likeness (QED) is 0.139. The van der Waals surface area contributed by atoms with E-state index in [9.17, 15) is 14.4 Å². The van der Waals surface area contributed by atoms with Crippen molar-refractivity contribution in [1.82, 2.24) is 0 Å². The van der Waals surface area contributed by atoms with Crippen LogP contribution < -0.4 is 0 Å². The molecule has 2 rings (SSSR count). The number of nitrogens with zero attached hydrogens (tertiary/aromatic N) is 1. The Hall–Kier alpha value is -3.30. The van der Waals surface area contributed by atoms with Gasteiger partial charge in [0.05, 0.1) is 12.3 Å². The van der Waals surface area contributed by atoms with Crippen molar-refractivity contribution >= 4 is 31.9 Å². The van der Waals surface area contributed by atoms with Crippen LogP contribution in [0.3, 0.4) is 0 Å². The third-order valence-corrected chi connectivity index (χ3v) is 11.4. The van der Waals surface area contributed by atoms with Crippen molar-refractivity contribution in [2.24, 2.45) is 4.99 Å². The SMILES string of the molecule is CC(=O)O[C@@H]([C@H](OC(C)=O)[C@H](C)OC(C)=O)[C@H](CO[Si](C)(C)C(C)(C)C)N=C(c1ccccc1)c1ccccc1. The summed E-state index contributed by atoms with van der Waals surface area (Å²) in [7, 11) is -2.29. The number of benzene rings is 2. The maximum atomic E-state index is 12.4. The zero-order valence-electron chi connectivity index (χ0n) is 25.1. The standard InChI is InChI=1S/C31H43NO7Si/c1-21(37-22(2)33)29(38-23(3)34)30(39-24(4)35)27(20-36-40(8,9)31(5,6)7)32-28(25-16-12-10-13-17-25)26-18-14-11-15-19-26/h10-19,21,27,29-30H,20H2,1-9H3/t21-,27-,29+,30+/m0/s1. The highest BCUT2D eigenvalue weighted by Crippen LogP contribution is 2.37. The molecule has 0 amide bonds. The largest absolute Gasteiger partial charge is 0.459 e. The Morgan fingerprint density at radius 1 is 0.750 bits per heavy atom. The summed E-state index contributed by atoms with van der Waals surface area (Å²) < 4.78 is 23.5. The maximum absolute atomic E-state index is 12.4. The van der Waals surface area contributed by atoms with Gasteiger partial charge in [-0.1, -0.05) is 81.4 Å². The summed E-state index contributed by atoms with van der Waals surface area (Å²) in [5.74, 6) is -1.76. The summed E-state index contributed by atoms with van der Waals surface area (Å²) in [6.07, 6.45) is -3.16. The number of carbonyl (C=O) groups is 3. The van der Waals surface area contributed by atoms with Gasteiger partial charge in [0.15, 0.2) is 20.5 Å². The van der Waals surface area contributed by atoms with E-state index in [4.69, 9.17) is 23.6 Å². The molecular formula is C31H43NO7Si. The molecular weight excluding hydrogens is 526 g/mol. The molecule has 0 aliphatic heterocycles. The molecule has 218 valence electrons. The molecule has 0 heterocycles. The van der Waals surface area contributed by atoms with Gasteiger partial charge in [0.25, 0.3) is 0 Å². The lowest BCUT2D eigenvalue weighted by Gasteiger charge is -2.39. The van der Waals surface area contributed by atoms with Crippen molar-refractivity contribution in [1.29, 1.82) is 0 Å². The van der Waals surface area contributed by atoms with Crippen LogP contribution in [-0.2, 0) is 33.0 Å². The molecule has 9 heteroatoms.